The van der Waals surface area contributed by atoms with Gasteiger partial charge in [-0.3, -0.25) is 0 Å². The van der Waals surface area contributed by atoms with Crippen LogP contribution in [-0.2, 0) is 4.74 Å². The maximum atomic E-state index is 12.3. The molecule has 0 saturated heterocycles. The lowest BCUT2D eigenvalue weighted by Crippen LogP contribution is -2.13. The third kappa shape index (κ3) is 6.39. The molecule has 74 valence electrons. The first-order valence-electron chi connectivity index (χ1n) is 2.89. The minimum atomic E-state index is -4.94. The lowest BCUT2D eigenvalue weighted by molar-refractivity contribution is -0.304. The molecule has 0 bridgehead atoms. The zero-order valence-corrected chi connectivity index (χ0v) is 7.88. The van der Waals surface area contributed by atoms with Crippen molar-refractivity contribution < 1.29 is 22.3 Å². The molecule has 0 N–H and O–H groups in total. The molecule has 0 saturated carbocycles. The largest absolute Gasteiger partial charge is 0.573 e. The highest BCUT2D eigenvalue weighted by atomic mass is 79.9. The van der Waals surface area contributed by atoms with E-state index < -0.39 is 17.9 Å². The summed E-state index contributed by atoms with van der Waals surface area (Å²) >= 11 is 2.72. The summed E-state index contributed by atoms with van der Waals surface area (Å²) in [4.78, 5) is 0. The molecule has 0 aliphatic rings. The van der Waals surface area contributed by atoms with Gasteiger partial charge in [-0.05, 0) is 6.08 Å². The number of allylic oxidation sites excluding steroid dienone is 3. The summed E-state index contributed by atoms with van der Waals surface area (Å²) < 4.78 is 50.5. The van der Waals surface area contributed by atoms with Gasteiger partial charge in [-0.2, -0.15) is 0 Å². The van der Waals surface area contributed by atoms with Crippen LogP contribution >= 0.6 is 15.9 Å². The van der Waals surface area contributed by atoms with Crippen LogP contribution in [0.5, 0.6) is 0 Å². The van der Waals surface area contributed by atoms with Gasteiger partial charge in [-0.25, -0.2) is 4.39 Å². The molecule has 0 aliphatic carbocycles. The van der Waals surface area contributed by atoms with E-state index in [2.05, 4.69) is 33.8 Å². The van der Waals surface area contributed by atoms with E-state index in [0.29, 0.717) is 0 Å². The Balaban J connectivity index is 4.65. The third-order valence-electron chi connectivity index (χ3n) is 0.781. The average Bonchev–Trinajstić information content (AvgIpc) is 1.81. The molecule has 0 aromatic rings. The SMILES string of the molecule is C=C(Br)/C=C(/OC(F)(F)F)C(=C)F. The number of ether oxygens (including phenoxy) is 1. The van der Waals surface area contributed by atoms with Gasteiger partial charge in [0.05, 0.1) is 0 Å². The molecule has 1 nitrogen and oxygen atoms in total. The molecule has 0 aromatic heterocycles. The van der Waals surface area contributed by atoms with E-state index in [9.17, 15) is 17.6 Å². The summed E-state index contributed by atoms with van der Waals surface area (Å²) in [7, 11) is 0. The summed E-state index contributed by atoms with van der Waals surface area (Å²) in [6, 6.07) is 0. The molecule has 0 heterocycles. The van der Waals surface area contributed by atoms with E-state index in [1.54, 1.807) is 0 Å². The highest BCUT2D eigenvalue weighted by Gasteiger charge is 2.33. The predicted molar refractivity (Wildman–Crippen MR) is 43.5 cm³/mol. The predicted octanol–water partition coefficient (Wildman–Crippen LogP) is 3.80. The molecule has 0 spiro atoms. The van der Waals surface area contributed by atoms with Gasteiger partial charge in [0, 0.05) is 4.48 Å². The van der Waals surface area contributed by atoms with Crippen LogP contribution in [0.15, 0.2) is 35.3 Å². The second kappa shape index (κ2) is 4.45. The van der Waals surface area contributed by atoms with E-state index in [4.69, 9.17) is 0 Å². The summed E-state index contributed by atoms with van der Waals surface area (Å²) in [6.45, 7) is 5.86. The van der Waals surface area contributed by atoms with Gasteiger partial charge in [0.15, 0.2) is 11.6 Å². The van der Waals surface area contributed by atoms with Gasteiger partial charge in [0.25, 0.3) is 0 Å². The fourth-order valence-electron chi connectivity index (χ4n) is 0.430. The van der Waals surface area contributed by atoms with Crippen molar-refractivity contribution in [2.24, 2.45) is 0 Å². The Hall–Kier alpha value is -0.780. The lowest BCUT2D eigenvalue weighted by Gasteiger charge is -2.10. The Labute approximate surface area is 80.5 Å². The Bertz CT molecular complexity index is 254. The van der Waals surface area contributed by atoms with Gasteiger partial charge in [0.1, 0.15) is 0 Å². The van der Waals surface area contributed by atoms with Gasteiger partial charge in [-0.1, -0.05) is 29.1 Å². The number of hydrogen-bond acceptors (Lipinski definition) is 1. The van der Waals surface area contributed by atoms with Gasteiger partial charge >= 0.3 is 6.36 Å². The minimum Gasteiger partial charge on any atom is -0.403 e. The highest BCUT2D eigenvalue weighted by molar-refractivity contribution is 9.11. The number of alkyl halides is 3. The first-order valence-corrected chi connectivity index (χ1v) is 3.68. The van der Waals surface area contributed by atoms with E-state index in [1.165, 1.54) is 0 Å². The van der Waals surface area contributed by atoms with Crippen molar-refractivity contribution in [3.8, 4) is 0 Å². The van der Waals surface area contributed by atoms with E-state index >= 15 is 0 Å². The second-order valence-electron chi connectivity index (χ2n) is 1.91. The maximum Gasteiger partial charge on any atom is 0.573 e. The van der Waals surface area contributed by atoms with Crippen molar-refractivity contribution in [2.75, 3.05) is 0 Å². The molecule has 0 amide bonds. The zero-order chi connectivity index (χ0) is 10.6. The van der Waals surface area contributed by atoms with Crippen molar-refractivity contribution in [1.29, 1.82) is 0 Å². The molecular formula is C7H5BrF4O. The Morgan fingerprint density at radius 2 is 1.77 bits per heavy atom. The summed E-state index contributed by atoms with van der Waals surface area (Å²) in [6.07, 6.45) is -4.21. The summed E-state index contributed by atoms with van der Waals surface area (Å²) in [5, 5.41) is 0. The zero-order valence-electron chi connectivity index (χ0n) is 6.29. The molecule has 0 aromatic carbocycles. The highest BCUT2D eigenvalue weighted by Crippen LogP contribution is 2.26. The average molecular weight is 261 g/mol. The van der Waals surface area contributed by atoms with Gasteiger partial charge < -0.3 is 4.74 Å². The van der Waals surface area contributed by atoms with Crippen LogP contribution < -0.4 is 0 Å². The van der Waals surface area contributed by atoms with E-state index in [1.807, 2.05) is 0 Å². The van der Waals surface area contributed by atoms with Crippen LogP contribution in [0.2, 0.25) is 0 Å². The van der Waals surface area contributed by atoms with E-state index in [-0.39, 0.29) is 4.48 Å². The van der Waals surface area contributed by atoms with Crippen LogP contribution in [-0.4, -0.2) is 6.36 Å². The quantitative estimate of drug-likeness (QED) is 0.426. The molecule has 6 heteroatoms. The van der Waals surface area contributed by atoms with Gasteiger partial charge in [-0.15, -0.1) is 13.2 Å². The smallest absolute Gasteiger partial charge is 0.403 e. The van der Waals surface area contributed by atoms with Crippen molar-refractivity contribution >= 4 is 15.9 Å². The maximum absolute atomic E-state index is 12.3. The van der Waals surface area contributed by atoms with Crippen molar-refractivity contribution in [3.05, 3.63) is 35.3 Å². The van der Waals surface area contributed by atoms with Crippen molar-refractivity contribution in [1.82, 2.24) is 0 Å². The summed E-state index contributed by atoms with van der Waals surface area (Å²) in [5.74, 6) is -2.34. The standard InChI is InChI=1S/C7H5BrF4O/c1-4(8)3-6(5(2)9)13-7(10,11)12/h3H,1-2H2/b6-3+. The topological polar surface area (TPSA) is 9.23 Å². The number of rotatable bonds is 3. The fourth-order valence-corrected chi connectivity index (χ4v) is 0.638. The van der Waals surface area contributed by atoms with E-state index in [0.717, 1.165) is 6.08 Å². The summed E-state index contributed by atoms with van der Waals surface area (Å²) in [5.41, 5.74) is 0. The monoisotopic (exact) mass is 260 g/mol. The molecule has 0 fully saturated rings. The Morgan fingerprint density at radius 3 is 2.00 bits per heavy atom. The van der Waals surface area contributed by atoms with Crippen molar-refractivity contribution in [2.45, 2.75) is 6.36 Å². The number of halogens is 5. The normalized spacial score (nSPS) is 12.5. The molecule has 0 aliphatic heterocycles. The van der Waals surface area contributed by atoms with Crippen LogP contribution in [0, 0.1) is 0 Å². The molecule has 13 heavy (non-hydrogen) atoms. The van der Waals surface area contributed by atoms with Gasteiger partial charge in [0.2, 0.25) is 0 Å². The van der Waals surface area contributed by atoms with Crippen LogP contribution in [0.3, 0.4) is 0 Å². The molecule has 0 unspecified atom stereocenters. The Kier molecular flexibility index (Phi) is 4.19. The van der Waals surface area contributed by atoms with Crippen LogP contribution in [0.4, 0.5) is 17.6 Å². The molecular weight excluding hydrogens is 256 g/mol. The fraction of sp³-hybridized carbons (Fsp3) is 0.143. The first-order chi connectivity index (χ1) is 5.72. The minimum absolute atomic E-state index is 0.0468. The van der Waals surface area contributed by atoms with Crippen LogP contribution in [0.1, 0.15) is 0 Å². The van der Waals surface area contributed by atoms with Crippen LogP contribution in [0.25, 0.3) is 0 Å². The molecule has 0 atom stereocenters. The van der Waals surface area contributed by atoms with Crippen molar-refractivity contribution in [3.63, 3.8) is 0 Å². The third-order valence-corrected chi connectivity index (χ3v) is 1.01. The molecule has 0 rings (SSSR count). The lowest BCUT2D eigenvalue weighted by atomic mass is 10.4. The number of hydrogen-bond donors (Lipinski definition) is 0. The first kappa shape index (κ1) is 12.2. The molecule has 0 radical (unpaired) electrons. The second-order valence-corrected chi connectivity index (χ2v) is 2.93. The Morgan fingerprint density at radius 1 is 1.31 bits per heavy atom.